The monoisotopic (exact) mass is 464 g/mol. The minimum absolute atomic E-state index is 0.110. The SMILES string of the molecule is CN(C(=O)COC(=O)c1ccc(S(=O)(=O)N2CCc3ccccc3C2)cc1)c1ccccc1. The van der Waals surface area contributed by atoms with Gasteiger partial charge in [-0.25, -0.2) is 13.2 Å². The van der Waals surface area contributed by atoms with E-state index in [9.17, 15) is 18.0 Å². The highest BCUT2D eigenvalue weighted by Gasteiger charge is 2.28. The lowest BCUT2D eigenvalue weighted by molar-refractivity contribution is -0.121. The number of para-hydroxylation sites is 1. The third kappa shape index (κ3) is 4.97. The topological polar surface area (TPSA) is 84.0 Å². The smallest absolute Gasteiger partial charge is 0.338 e. The summed E-state index contributed by atoms with van der Waals surface area (Å²) in [5, 5.41) is 0. The minimum atomic E-state index is -3.69. The van der Waals surface area contributed by atoms with Crippen LogP contribution in [0.4, 0.5) is 5.69 Å². The van der Waals surface area contributed by atoms with Crippen molar-refractivity contribution in [2.45, 2.75) is 17.9 Å². The van der Waals surface area contributed by atoms with Crippen LogP contribution in [-0.2, 0) is 32.5 Å². The predicted molar refractivity (Wildman–Crippen MR) is 124 cm³/mol. The summed E-state index contributed by atoms with van der Waals surface area (Å²) < 4.78 is 32.7. The largest absolute Gasteiger partial charge is 0.452 e. The molecule has 0 unspecified atom stereocenters. The second-order valence-electron chi connectivity index (χ2n) is 7.75. The van der Waals surface area contributed by atoms with E-state index in [2.05, 4.69) is 0 Å². The van der Waals surface area contributed by atoms with Crippen LogP contribution in [-0.4, -0.2) is 44.8 Å². The highest BCUT2D eigenvalue weighted by molar-refractivity contribution is 7.89. The molecule has 1 aliphatic rings. The quantitative estimate of drug-likeness (QED) is 0.523. The Bertz CT molecular complexity index is 1260. The molecule has 0 fully saturated rings. The summed E-state index contributed by atoms with van der Waals surface area (Å²) >= 11 is 0. The van der Waals surface area contributed by atoms with Crippen molar-refractivity contribution in [2.24, 2.45) is 0 Å². The fourth-order valence-corrected chi connectivity index (χ4v) is 5.11. The Morgan fingerprint density at radius 1 is 0.909 bits per heavy atom. The lowest BCUT2D eigenvalue weighted by Crippen LogP contribution is -2.35. The van der Waals surface area contributed by atoms with Crippen molar-refractivity contribution in [3.63, 3.8) is 0 Å². The molecule has 0 spiro atoms. The summed E-state index contributed by atoms with van der Waals surface area (Å²) in [6.45, 7) is 0.303. The van der Waals surface area contributed by atoms with Gasteiger partial charge in [-0.15, -0.1) is 0 Å². The first kappa shape index (κ1) is 22.7. The van der Waals surface area contributed by atoms with Crippen molar-refractivity contribution in [1.29, 1.82) is 0 Å². The number of amides is 1. The van der Waals surface area contributed by atoms with E-state index >= 15 is 0 Å². The van der Waals surface area contributed by atoms with Crippen molar-refractivity contribution < 1.29 is 22.7 Å². The van der Waals surface area contributed by atoms with Crippen LogP contribution in [0.15, 0.2) is 83.8 Å². The summed E-state index contributed by atoms with van der Waals surface area (Å²) in [5.74, 6) is -1.07. The van der Waals surface area contributed by atoms with Crippen LogP contribution in [0.1, 0.15) is 21.5 Å². The van der Waals surface area contributed by atoms with Crippen molar-refractivity contribution in [1.82, 2.24) is 4.31 Å². The summed E-state index contributed by atoms with van der Waals surface area (Å²) in [7, 11) is -2.09. The second kappa shape index (κ2) is 9.56. The van der Waals surface area contributed by atoms with Crippen LogP contribution in [0, 0.1) is 0 Å². The van der Waals surface area contributed by atoms with Gasteiger partial charge in [0.05, 0.1) is 10.5 Å². The Kier molecular flexibility index (Phi) is 6.57. The number of carbonyl (C=O) groups is 2. The summed E-state index contributed by atoms with van der Waals surface area (Å²) in [6.07, 6.45) is 0.658. The Balaban J connectivity index is 1.38. The zero-order chi connectivity index (χ0) is 23.4. The first-order chi connectivity index (χ1) is 15.9. The van der Waals surface area contributed by atoms with Gasteiger partial charge in [0.2, 0.25) is 10.0 Å². The molecule has 0 radical (unpaired) electrons. The maximum Gasteiger partial charge on any atom is 0.338 e. The Labute approximate surface area is 193 Å². The van der Waals surface area contributed by atoms with Crippen LogP contribution in [0.25, 0.3) is 0 Å². The molecule has 1 aliphatic heterocycles. The van der Waals surface area contributed by atoms with Gasteiger partial charge >= 0.3 is 5.97 Å². The van der Waals surface area contributed by atoms with E-state index in [4.69, 9.17) is 4.74 Å². The molecule has 0 N–H and O–H groups in total. The van der Waals surface area contributed by atoms with Gasteiger partial charge in [-0.2, -0.15) is 4.31 Å². The number of hydrogen-bond acceptors (Lipinski definition) is 5. The fourth-order valence-electron chi connectivity index (χ4n) is 3.69. The molecule has 7 nitrogen and oxygen atoms in total. The number of anilines is 1. The summed E-state index contributed by atoms with van der Waals surface area (Å²) in [6, 6.07) is 22.4. The Hall–Kier alpha value is -3.49. The maximum atomic E-state index is 13.1. The molecule has 3 aromatic rings. The van der Waals surface area contributed by atoms with Gasteiger partial charge in [0, 0.05) is 25.8 Å². The molecule has 1 heterocycles. The minimum Gasteiger partial charge on any atom is -0.452 e. The van der Waals surface area contributed by atoms with Crippen molar-refractivity contribution >= 4 is 27.6 Å². The van der Waals surface area contributed by atoms with Crippen LogP contribution in [0.5, 0.6) is 0 Å². The van der Waals surface area contributed by atoms with Crippen LogP contribution >= 0.6 is 0 Å². The molecule has 170 valence electrons. The first-order valence-electron chi connectivity index (χ1n) is 10.5. The van der Waals surface area contributed by atoms with E-state index in [-0.39, 0.29) is 16.4 Å². The standard InChI is InChI=1S/C25H24N2O5S/c1-26(22-9-3-2-4-10-22)24(28)18-32-25(29)20-11-13-23(14-12-20)33(30,31)27-16-15-19-7-5-6-8-21(19)17-27/h2-14H,15-18H2,1H3. The van der Waals surface area contributed by atoms with Gasteiger partial charge in [0.15, 0.2) is 6.61 Å². The molecule has 1 amide bonds. The summed E-state index contributed by atoms with van der Waals surface area (Å²) in [4.78, 5) is 26.2. The molecule has 4 rings (SSSR count). The van der Waals surface area contributed by atoms with Gasteiger partial charge in [-0.1, -0.05) is 42.5 Å². The number of sulfonamides is 1. The highest BCUT2D eigenvalue weighted by atomic mass is 32.2. The molecule has 3 aromatic carbocycles. The number of carbonyl (C=O) groups excluding carboxylic acids is 2. The number of hydrogen-bond donors (Lipinski definition) is 0. The molecule has 0 saturated heterocycles. The molecule has 0 saturated carbocycles. The molecule has 0 atom stereocenters. The Morgan fingerprint density at radius 3 is 2.24 bits per heavy atom. The van der Waals surface area contributed by atoms with Crippen molar-refractivity contribution in [2.75, 3.05) is 25.1 Å². The van der Waals surface area contributed by atoms with Gasteiger partial charge in [-0.3, -0.25) is 4.79 Å². The lowest BCUT2D eigenvalue weighted by atomic mass is 10.0. The van der Waals surface area contributed by atoms with Gasteiger partial charge in [0.1, 0.15) is 0 Å². The first-order valence-corrected chi connectivity index (χ1v) is 12.0. The second-order valence-corrected chi connectivity index (χ2v) is 9.68. The van der Waals surface area contributed by atoms with Crippen LogP contribution < -0.4 is 4.90 Å². The van der Waals surface area contributed by atoms with E-state index in [0.29, 0.717) is 25.2 Å². The zero-order valence-corrected chi connectivity index (χ0v) is 19.0. The highest BCUT2D eigenvalue weighted by Crippen LogP contribution is 2.25. The number of esters is 1. The molecule has 0 aliphatic carbocycles. The van der Waals surface area contributed by atoms with Crippen molar-refractivity contribution in [3.05, 3.63) is 95.6 Å². The number of likely N-dealkylation sites (N-methyl/N-ethyl adjacent to an activating group) is 1. The maximum absolute atomic E-state index is 13.1. The fraction of sp³-hybridized carbons (Fsp3) is 0.200. The third-order valence-electron chi connectivity index (χ3n) is 5.67. The summed E-state index contributed by atoms with van der Waals surface area (Å²) in [5.41, 5.74) is 3.02. The number of benzene rings is 3. The van der Waals surface area contributed by atoms with Gasteiger partial charge in [0.25, 0.3) is 5.91 Å². The molecule has 8 heteroatoms. The van der Waals surface area contributed by atoms with E-state index < -0.39 is 22.6 Å². The average Bonchev–Trinajstić information content (AvgIpc) is 2.86. The van der Waals surface area contributed by atoms with Gasteiger partial charge in [-0.05, 0) is 53.9 Å². The van der Waals surface area contributed by atoms with E-state index in [1.807, 2.05) is 42.5 Å². The number of rotatable bonds is 6. The molecule has 0 aromatic heterocycles. The number of nitrogens with zero attached hydrogens (tertiary/aromatic N) is 2. The van der Waals surface area contributed by atoms with E-state index in [0.717, 1.165) is 11.1 Å². The average molecular weight is 465 g/mol. The third-order valence-corrected chi connectivity index (χ3v) is 7.53. The Morgan fingerprint density at radius 2 is 1.55 bits per heavy atom. The zero-order valence-electron chi connectivity index (χ0n) is 18.2. The number of fused-ring (bicyclic) bond motifs is 1. The van der Waals surface area contributed by atoms with E-state index in [1.165, 1.54) is 33.5 Å². The number of ether oxygens (including phenoxy) is 1. The predicted octanol–water partition coefficient (Wildman–Crippen LogP) is 3.25. The van der Waals surface area contributed by atoms with Gasteiger partial charge < -0.3 is 9.64 Å². The molecule has 0 bridgehead atoms. The molecular weight excluding hydrogens is 440 g/mol. The normalized spacial score (nSPS) is 13.7. The molecule has 33 heavy (non-hydrogen) atoms. The van der Waals surface area contributed by atoms with Crippen LogP contribution in [0.2, 0.25) is 0 Å². The lowest BCUT2D eigenvalue weighted by Gasteiger charge is -2.28. The van der Waals surface area contributed by atoms with Crippen molar-refractivity contribution in [3.8, 4) is 0 Å². The van der Waals surface area contributed by atoms with E-state index in [1.54, 1.807) is 19.2 Å². The van der Waals surface area contributed by atoms with Crippen LogP contribution in [0.3, 0.4) is 0 Å². The molecular formula is C25H24N2O5S.